The van der Waals surface area contributed by atoms with Gasteiger partial charge in [-0.05, 0) is 67.1 Å². The molecule has 4 aromatic rings. The number of carbonyl (C=O) groups is 1. The Balaban J connectivity index is 1.63. The van der Waals surface area contributed by atoms with Crippen molar-refractivity contribution in [2.75, 3.05) is 11.9 Å². The fraction of sp³-hybridized carbons (Fsp3) is 0.167. The van der Waals surface area contributed by atoms with E-state index in [4.69, 9.17) is 4.52 Å². The first-order chi connectivity index (χ1) is 17.0. The monoisotopic (exact) mass is 521 g/mol. The largest absolute Gasteiger partial charge is 0.450 e. The van der Waals surface area contributed by atoms with Crippen LogP contribution in [-0.2, 0) is 21.4 Å². The number of hydrogen-bond acceptors (Lipinski definition) is 4. The Labute approximate surface area is 202 Å². The Morgan fingerprint density at radius 1 is 1.08 bits per heavy atom. The van der Waals surface area contributed by atoms with Crippen molar-refractivity contribution in [1.29, 1.82) is 0 Å². The molecular weight excluding hydrogens is 501 g/mol. The van der Waals surface area contributed by atoms with Crippen molar-refractivity contribution in [2.24, 2.45) is 0 Å². The van der Waals surface area contributed by atoms with Gasteiger partial charge in [-0.2, -0.15) is 13.2 Å². The quantitative estimate of drug-likeness (QED) is 0.225. The van der Waals surface area contributed by atoms with Crippen molar-refractivity contribution in [3.63, 3.8) is 0 Å². The summed E-state index contributed by atoms with van der Waals surface area (Å²) in [5.41, 5.74) is 1.03. The van der Waals surface area contributed by atoms with Crippen LogP contribution in [0.1, 0.15) is 28.7 Å². The van der Waals surface area contributed by atoms with Crippen LogP contribution < -0.4 is 5.32 Å². The third-order valence-electron chi connectivity index (χ3n) is 5.18. The second-order valence-corrected chi connectivity index (χ2v) is 9.66. The number of imidazole rings is 1. The van der Waals surface area contributed by atoms with Gasteiger partial charge in [0, 0.05) is 16.9 Å². The van der Waals surface area contributed by atoms with Gasteiger partial charge in [-0.25, -0.2) is 9.37 Å². The normalized spacial score (nSPS) is 13.5. The lowest BCUT2D eigenvalue weighted by Gasteiger charge is -2.12. The standard InChI is InChI=1S/C24H20F4N3O4P/c1-2-35-36(33,34)14-15-3-8-18(9-4-15)29-22(32)16-5-12-20-21(13-16)31(23(30-20)24(26,27)28)19-10-6-17(25)7-11-19/h3-13H,2,14H2,1H3,(H,29,32)(H,33,34). The molecule has 0 saturated carbocycles. The Kier molecular flexibility index (Phi) is 6.99. The SMILES string of the molecule is CCOP(=O)(O)Cc1ccc(NC(=O)c2ccc3nc(C(F)(F)F)n(-c4ccc(F)cc4)c3c2)cc1. The number of amides is 1. The zero-order valence-electron chi connectivity index (χ0n) is 18.8. The molecule has 1 aromatic heterocycles. The lowest BCUT2D eigenvalue weighted by molar-refractivity contribution is -0.145. The van der Waals surface area contributed by atoms with Crippen molar-refractivity contribution in [1.82, 2.24) is 9.55 Å². The van der Waals surface area contributed by atoms with Gasteiger partial charge in [-0.15, -0.1) is 0 Å². The first-order valence-corrected chi connectivity index (χ1v) is 12.5. The molecule has 0 bridgehead atoms. The summed E-state index contributed by atoms with van der Waals surface area (Å²) in [7, 11) is -3.77. The molecule has 0 aliphatic heterocycles. The van der Waals surface area contributed by atoms with E-state index in [-0.39, 0.29) is 35.1 Å². The third kappa shape index (κ3) is 5.64. The van der Waals surface area contributed by atoms with Crippen LogP contribution in [0.25, 0.3) is 16.7 Å². The number of benzene rings is 3. The highest BCUT2D eigenvalue weighted by Gasteiger charge is 2.38. The van der Waals surface area contributed by atoms with E-state index >= 15 is 0 Å². The number of anilines is 1. The molecule has 1 amide bonds. The summed E-state index contributed by atoms with van der Waals surface area (Å²) >= 11 is 0. The molecule has 0 aliphatic rings. The predicted molar refractivity (Wildman–Crippen MR) is 126 cm³/mol. The average molecular weight is 521 g/mol. The van der Waals surface area contributed by atoms with E-state index in [1.165, 1.54) is 42.5 Å². The summed E-state index contributed by atoms with van der Waals surface area (Å²) < 4.78 is 72.0. The van der Waals surface area contributed by atoms with Crippen molar-refractivity contribution in [2.45, 2.75) is 19.3 Å². The zero-order chi connectivity index (χ0) is 26.1. The molecule has 0 spiro atoms. The molecule has 0 aliphatic carbocycles. The van der Waals surface area contributed by atoms with Crippen molar-refractivity contribution >= 4 is 30.2 Å². The van der Waals surface area contributed by atoms with Crippen LogP contribution in [0.3, 0.4) is 0 Å². The smallest absolute Gasteiger partial charge is 0.324 e. The third-order valence-corrected chi connectivity index (χ3v) is 6.61. The van der Waals surface area contributed by atoms with Crippen LogP contribution in [0.2, 0.25) is 0 Å². The number of nitrogens with zero attached hydrogens (tertiary/aromatic N) is 2. The fourth-order valence-corrected chi connectivity index (χ4v) is 4.80. The van der Waals surface area contributed by atoms with E-state index in [0.29, 0.717) is 11.3 Å². The maximum Gasteiger partial charge on any atom is 0.450 e. The fourth-order valence-electron chi connectivity index (χ4n) is 3.63. The van der Waals surface area contributed by atoms with E-state index in [1.807, 2.05) is 0 Å². The molecule has 12 heteroatoms. The zero-order valence-corrected chi connectivity index (χ0v) is 19.7. The molecule has 1 unspecified atom stereocenters. The Morgan fingerprint density at radius 3 is 2.36 bits per heavy atom. The Morgan fingerprint density at radius 2 is 1.75 bits per heavy atom. The number of nitrogens with one attached hydrogen (secondary N) is 1. The van der Waals surface area contributed by atoms with Gasteiger partial charge < -0.3 is 14.7 Å². The molecule has 1 atom stereocenters. The second-order valence-electron chi connectivity index (χ2n) is 7.81. The molecule has 7 nitrogen and oxygen atoms in total. The van der Waals surface area contributed by atoms with Crippen LogP contribution >= 0.6 is 7.60 Å². The number of aromatic nitrogens is 2. The summed E-state index contributed by atoms with van der Waals surface area (Å²) in [5, 5.41) is 2.64. The number of fused-ring (bicyclic) bond motifs is 1. The van der Waals surface area contributed by atoms with Gasteiger partial charge in [0.05, 0.1) is 23.8 Å². The number of carbonyl (C=O) groups excluding carboxylic acids is 1. The van der Waals surface area contributed by atoms with Crippen LogP contribution in [0, 0.1) is 5.82 Å². The van der Waals surface area contributed by atoms with Gasteiger partial charge in [0.2, 0.25) is 5.82 Å². The van der Waals surface area contributed by atoms with Crippen LogP contribution in [0.5, 0.6) is 0 Å². The molecule has 0 saturated heterocycles. The molecule has 1 heterocycles. The lowest BCUT2D eigenvalue weighted by Crippen LogP contribution is -2.14. The molecule has 188 valence electrons. The van der Waals surface area contributed by atoms with Gasteiger partial charge >= 0.3 is 13.8 Å². The van der Waals surface area contributed by atoms with Crippen molar-refractivity contribution in [3.05, 3.63) is 89.5 Å². The molecule has 2 N–H and O–H groups in total. The highest BCUT2D eigenvalue weighted by atomic mass is 31.2. The van der Waals surface area contributed by atoms with Gasteiger partial charge in [0.25, 0.3) is 5.91 Å². The summed E-state index contributed by atoms with van der Waals surface area (Å²) in [6, 6.07) is 14.5. The summed E-state index contributed by atoms with van der Waals surface area (Å²) in [6.45, 7) is 1.70. The molecule has 0 radical (unpaired) electrons. The van der Waals surface area contributed by atoms with Gasteiger partial charge in [0.15, 0.2) is 0 Å². The molecule has 3 aromatic carbocycles. The highest BCUT2D eigenvalue weighted by molar-refractivity contribution is 7.51. The van der Waals surface area contributed by atoms with E-state index in [1.54, 1.807) is 19.1 Å². The van der Waals surface area contributed by atoms with E-state index in [0.717, 1.165) is 16.7 Å². The predicted octanol–water partition coefficient (Wildman–Crippen LogP) is 6.16. The number of halogens is 4. The molecular formula is C24H20F4N3O4P. The summed E-state index contributed by atoms with van der Waals surface area (Å²) in [6.07, 6.45) is -4.99. The summed E-state index contributed by atoms with van der Waals surface area (Å²) in [5.74, 6) is -2.40. The number of alkyl halides is 3. The Hall–Kier alpha value is -3.53. The van der Waals surface area contributed by atoms with Crippen LogP contribution in [-0.4, -0.2) is 27.0 Å². The maximum absolute atomic E-state index is 13.7. The van der Waals surface area contributed by atoms with E-state index in [2.05, 4.69) is 10.3 Å². The van der Waals surface area contributed by atoms with Crippen molar-refractivity contribution in [3.8, 4) is 5.69 Å². The van der Waals surface area contributed by atoms with Crippen molar-refractivity contribution < 1.29 is 36.3 Å². The molecule has 36 heavy (non-hydrogen) atoms. The number of hydrogen-bond donors (Lipinski definition) is 2. The van der Waals surface area contributed by atoms with E-state index in [9.17, 15) is 31.8 Å². The highest BCUT2D eigenvalue weighted by Crippen LogP contribution is 2.45. The van der Waals surface area contributed by atoms with Gasteiger partial charge in [-0.1, -0.05) is 12.1 Å². The second kappa shape index (κ2) is 9.85. The van der Waals surface area contributed by atoms with Gasteiger partial charge in [-0.3, -0.25) is 13.9 Å². The Bertz CT molecular complexity index is 1450. The van der Waals surface area contributed by atoms with Gasteiger partial charge in [0.1, 0.15) is 5.82 Å². The molecule has 0 fully saturated rings. The summed E-state index contributed by atoms with van der Waals surface area (Å²) in [4.78, 5) is 26.3. The lowest BCUT2D eigenvalue weighted by atomic mass is 10.1. The minimum atomic E-state index is -4.79. The first kappa shape index (κ1) is 25.6. The molecule has 4 rings (SSSR count). The van der Waals surface area contributed by atoms with Crippen LogP contribution in [0.4, 0.5) is 23.2 Å². The maximum atomic E-state index is 13.7. The average Bonchev–Trinajstić information content (AvgIpc) is 3.20. The van der Waals surface area contributed by atoms with Crippen LogP contribution in [0.15, 0.2) is 66.7 Å². The topological polar surface area (TPSA) is 93.4 Å². The van der Waals surface area contributed by atoms with E-state index < -0.39 is 31.3 Å². The minimum Gasteiger partial charge on any atom is -0.324 e. The minimum absolute atomic E-state index is 0.00952. The first-order valence-electron chi connectivity index (χ1n) is 10.7. The number of rotatable bonds is 7.